The molecule has 2 aromatic carbocycles. The number of hydrogen-bond donors (Lipinski definition) is 2. The number of fused-ring (bicyclic) bond motifs is 1. The molecular formula is C20H25N5O. The third kappa shape index (κ3) is 3.79. The molecule has 136 valence electrons. The Hall–Kier alpha value is -3.02. The first-order valence-electron chi connectivity index (χ1n) is 8.64. The van der Waals surface area contributed by atoms with Crippen LogP contribution in [0.25, 0.3) is 11.0 Å². The molecule has 26 heavy (non-hydrogen) atoms. The molecule has 0 atom stereocenters. The van der Waals surface area contributed by atoms with Crippen molar-refractivity contribution in [3.63, 3.8) is 0 Å². The molecule has 3 N–H and O–H groups in total. The number of nitrogens with two attached hydrogens (primary N) is 1. The molecule has 0 radical (unpaired) electrons. The first-order chi connectivity index (χ1) is 12.5. The predicted octanol–water partition coefficient (Wildman–Crippen LogP) is 3.63. The Kier molecular flexibility index (Phi) is 5.11. The summed E-state index contributed by atoms with van der Waals surface area (Å²) in [7, 11) is 3.62. The number of ether oxygens (including phenoxy) is 1. The van der Waals surface area contributed by atoms with E-state index in [0.717, 1.165) is 28.3 Å². The molecule has 0 bridgehead atoms. The number of aromatic nitrogens is 2. The summed E-state index contributed by atoms with van der Waals surface area (Å²) in [6.45, 7) is 4.73. The molecule has 0 saturated carbocycles. The van der Waals surface area contributed by atoms with Gasteiger partial charge in [-0.15, -0.1) is 0 Å². The van der Waals surface area contributed by atoms with Gasteiger partial charge in [-0.1, -0.05) is 26.0 Å². The summed E-state index contributed by atoms with van der Waals surface area (Å²) in [5.41, 5.74) is 10.2. The monoisotopic (exact) mass is 351 g/mol. The largest absolute Gasteiger partial charge is 0.497 e. The van der Waals surface area contributed by atoms with Crippen LogP contribution in [0.15, 0.2) is 47.5 Å². The molecule has 0 aliphatic rings. The van der Waals surface area contributed by atoms with Crippen LogP contribution in [-0.4, -0.2) is 22.6 Å². The zero-order valence-corrected chi connectivity index (χ0v) is 15.7. The number of rotatable bonds is 5. The molecule has 0 saturated heterocycles. The lowest BCUT2D eigenvalue weighted by molar-refractivity contribution is 0.415. The lowest BCUT2D eigenvalue weighted by Gasteiger charge is -2.10. The highest BCUT2D eigenvalue weighted by Crippen LogP contribution is 2.21. The molecule has 0 aliphatic heterocycles. The molecule has 6 heteroatoms. The highest BCUT2D eigenvalue weighted by molar-refractivity contribution is 5.92. The number of methoxy groups -OCH3 is 1. The Labute approximate surface area is 153 Å². The quantitative estimate of drug-likeness (QED) is 0.543. The van der Waals surface area contributed by atoms with E-state index in [1.807, 2.05) is 41.9 Å². The molecule has 0 aliphatic carbocycles. The summed E-state index contributed by atoms with van der Waals surface area (Å²) in [6, 6.07) is 14.0. The number of guanidine groups is 1. The fourth-order valence-corrected chi connectivity index (χ4v) is 2.82. The van der Waals surface area contributed by atoms with Gasteiger partial charge >= 0.3 is 0 Å². The van der Waals surface area contributed by atoms with Crippen molar-refractivity contribution in [1.82, 2.24) is 9.55 Å². The minimum atomic E-state index is 0.371. The maximum atomic E-state index is 6.05. The second-order valence-electron chi connectivity index (χ2n) is 6.55. The Morgan fingerprint density at radius 3 is 2.81 bits per heavy atom. The zero-order chi connectivity index (χ0) is 18.7. The van der Waals surface area contributed by atoms with Crippen molar-refractivity contribution in [2.24, 2.45) is 17.8 Å². The molecule has 0 spiro atoms. The smallest absolute Gasteiger partial charge is 0.193 e. The molecule has 1 aromatic heterocycles. The number of nitrogens with zero attached hydrogens (tertiary/aromatic N) is 3. The van der Waals surface area contributed by atoms with Gasteiger partial charge in [0.25, 0.3) is 0 Å². The molecule has 6 nitrogen and oxygen atoms in total. The van der Waals surface area contributed by atoms with Crippen LogP contribution in [0.4, 0.5) is 5.69 Å². The predicted molar refractivity (Wildman–Crippen MR) is 107 cm³/mol. The van der Waals surface area contributed by atoms with Gasteiger partial charge in [0.1, 0.15) is 18.1 Å². The van der Waals surface area contributed by atoms with Crippen molar-refractivity contribution in [2.75, 3.05) is 12.4 Å². The van der Waals surface area contributed by atoms with Gasteiger partial charge < -0.3 is 20.4 Å². The minimum Gasteiger partial charge on any atom is -0.497 e. The van der Waals surface area contributed by atoms with Crippen LogP contribution in [0.5, 0.6) is 5.75 Å². The van der Waals surface area contributed by atoms with Crippen LogP contribution < -0.4 is 15.8 Å². The third-order valence-electron chi connectivity index (χ3n) is 4.40. The Balaban J connectivity index is 1.75. The number of benzene rings is 2. The number of imidazole rings is 1. The second kappa shape index (κ2) is 7.47. The average molecular weight is 351 g/mol. The van der Waals surface area contributed by atoms with E-state index in [4.69, 9.17) is 10.5 Å². The van der Waals surface area contributed by atoms with Crippen molar-refractivity contribution in [1.29, 1.82) is 0 Å². The standard InChI is InChI=1S/C20H25N5O/c1-13(2)14-6-5-7-15(10-14)23-20(21)22-12-19-24-17-11-16(26-4)8-9-18(17)25(19)3/h5-11,13H,12H2,1-4H3,(H3,21,22,23). The summed E-state index contributed by atoms with van der Waals surface area (Å²) >= 11 is 0. The van der Waals surface area contributed by atoms with E-state index in [1.54, 1.807) is 7.11 Å². The first-order valence-corrected chi connectivity index (χ1v) is 8.64. The van der Waals surface area contributed by atoms with Gasteiger partial charge in [-0.25, -0.2) is 9.98 Å². The molecule has 0 unspecified atom stereocenters. The van der Waals surface area contributed by atoms with Crippen LogP contribution in [0.3, 0.4) is 0 Å². The Morgan fingerprint density at radius 1 is 1.27 bits per heavy atom. The molecule has 3 rings (SSSR count). The first kappa shape index (κ1) is 17.8. The van der Waals surface area contributed by atoms with Crippen molar-refractivity contribution in [3.8, 4) is 5.75 Å². The summed E-state index contributed by atoms with van der Waals surface area (Å²) < 4.78 is 7.27. The second-order valence-corrected chi connectivity index (χ2v) is 6.55. The summed E-state index contributed by atoms with van der Waals surface area (Å²) in [5, 5.41) is 3.15. The van der Waals surface area contributed by atoms with Crippen molar-refractivity contribution < 1.29 is 4.74 Å². The highest BCUT2D eigenvalue weighted by atomic mass is 16.5. The molecule has 3 aromatic rings. The number of anilines is 1. The Morgan fingerprint density at radius 2 is 2.08 bits per heavy atom. The number of hydrogen-bond acceptors (Lipinski definition) is 3. The number of aliphatic imine (C=N–C) groups is 1. The lowest BCUT2D eigenvalue weighted by Crippen LogP contribution is -2.23. The topological polar surface area (TPSA) is 77.5 Å². The van der Waals surface area contributed by atoms with Crippen LogP contribution in [0, 0.1) is 0 Å². The van der Waals surface area contributed by atoms with E-state index in [-0.39, 0.29) is 0 Å². The molecule has 0 amide bonds. The number of aryl methyl sites for hydroxylation is 1. The van der Waals surface area contributed by atoms with Crippen molar-refractivity contribution in [3.05, 3.63) is 53.9 Å². The maximum Gasteiger partial charge on any atom is 0.193 e. The minimum absolute atomic E-state index is 0.371. The summed E-state index contributed by atoms with van der Waals surface area (Å²) in [5.74, 6) is 2.47. The van der Waals surface area contributed by atoms with Gasteiger partial charge in [-0.05, 0) is 35.7 Å². The molecule has 0 fully saturated rings. The third-order valence-corrected chi connectivity index (χ3v) is 4.40. The lowest BCUT2D eigenvalue weighted by atomic mass is 10.0. The number of nitrogens with one attached hydrogen (secondary N) is 1. The van der Waals surface area contributed by atoms with Crippen molar-refractivity contribution in [2.45, 2.75) is 26.3 Å². The van der Waals surface area contributed by atoms with Gasteiger partial charge in [0.2, 0.25) is 0 Å². The fourth-order valence-electron chi connectivity index (χ4n) is 2.82. The van der Waals surface area contributed by atoms with Crippen LogP contribution in [0.2, 0.25) is 0 Å². The van der Waals surface area contributed by atoms with Crippen molar-refractivity contribution >= 4 is 22.7 Å². The van der Waals surface area contributed by atoms with Gasteiger partial charge in [0, 0.05) is 18.8 Å². The zero-order valence-electron chi connectivity index (χ0n) is 15.7. The summed E-state index contributed by atoms with van der Waals surface area (Å²) in [6.07, 6.45) is 0. The molecular weight excluding hydrogens is 326 g/mol. The Bertz CT molecular complexity index is 943. The summed E-state index contributed by atoms with van der Waals surface area (Å²) in [4.78, 5) is 9.06. The van der Waals surface area contributed by atoms with Gasteiger partial charge in [-0.2, -0.15) is 0 Å². The van der Waals surface area contributed by atoms with E-state index in [1.165, 1.54) is 5.56 Å². The normalized spacial score (nSPS) is 12.0. The van der Waals surface area contributed by atoms with E-state index < -0.39 is 0 Å². The highest BCUT2D eigenvalue weighted by Gasteiger charge is 2.08. The maximum absolute atomic E-state index is 6.05. The van der Waals surface area contributed by atoms with Gasteiger partial charge in [-0.3, -0.25) is 0 Å². The van der Waals surface area contributed by atoms with E-state index in [2.05, 4.69) is 41.3 Å². The van der Waals surface area contributed by atoms with Gasteiger partial charge in [0.05, 0.1) is 18.1 Å². The fraction of sp³-hybridized carbons (Fsp3) is 0.300. The van der Waals surface area contributed by atoms with E-state index >= 15 is 0 Å². The van der Waals surface area contributed by atoms with Crippen LogP contribution >= 0.6 is 0 Å². The van der Waals surface area contributed by atoms with E-state index in [9.17, 15) is 0 Å². The van der Waals surface area contributed by atoms with Crippen LogP contribution in [-0.2, 0) is 13.6 Å². The molecule has 1 heterocycles. The van der Waals surface area contributed by atoms with Gasteiger partial charge in [0.15, 0.2) is 5.96 Å². The van der Waals surface area contributed by atoms with E-state index in [0.29, 0.717) is 18.4 Å². The average Bonchev–Trinajstić information content (AvgIpc) is 2.95. The SMILES string of the molecule is COc1ccc2c(c1)nc(CN=C(N)Nc1cccc(C(C)C)c1)n2C. The van der Waals surface area contributed by atoms with Crippen LogP contribution in [0.1, 0.15) is 31.2 Å².